The normalized spacial score (nSPS) is 37.8. The van der Waals surface area contributed by atoms with E-state index in [-0.39, 0.29) is 42.4 Å². The molecule has 5 aliphatic rings. The maximum atomic E-state index is 13.7. The van der Waals surface area contributed by atoms with Gasteiger partial charge >= 0.3 is 0 Å². The summed E-state index contributed by atoms with van der Waals surface area (Å²) in [5.41, 5.74) is 6.15. The van der Waals surface area contributed by atoms with Gasteiger partial charge < -0.3 is 35.8 Å². The molecule has 51 heavy (non-hydrogen) atoms. The third kappa shape index (κ3) is 11.8. The molecule has 10 N–H and O–H groups in total. The van der Waals surface area contributed by atoms with E-state index in [1.54, 1.807) is 7.11 Å². The highest BCUT2D eigenvalue weighted by atomic mass is 16.5. The van der Waals surface area contributed by atoms with Gasteiger partial charge in [0.25, 0.3) is 0 Å². The van der Waals surface area contributed by atoms with Crippen molar-refractivity contribution < 1.29 is 45.4 Å². The van der Waals surface area contributed by atoms with Gasteiger partial charge in [-0.3, -0.25) is 15.3 Å². The van der Waals surface area contributed by atoms with Gasteiger partial charge in [0.2, 0.25) is 0 Å². The molecule has 2 heterocycles. The monoisotopic (exact) mass is 718 g/mol. The van der Waals surface area contributed by atoms with Gasteiger partial charge in [-0.05, 0) is 114 Å². The first-order chi connectivity index (χ1) is 24.6. The number of Topliss-reactive ketones (excluding diaryl/α,β-unsaturated/α-hetero) is 2. The number of hydrogen-bond acceptors (Lipinski definition) is 8. The van der Waals surface area contributed by atoms with Crippen LogP contribution in [-0.4, -0.2) is 95.4 Å². The minimum absolute atomic E-state index is 0.00839. The summed E-state index contributed by atoms with van der Waals surface area (Å²) in [4.78, 5) is 25.7. The van der Waals surface area contributed by atoms with Gasteiger partial charge in [-0.1, -0.05) is 18.3 Å². The molecule has 0 aromatic heterocycles. The lowest BCUT2D eigenvalue weighted by Crippen LogP contribution is -2.95. The number of quaternary nitrogens is 2. The van der Waals surface area contributed by atoms with Crippen molar-refractivity contribution in [1.82, 2.24) is 0 Å². The average molecular weight is 718 g/mol. The summed E-state index contributed by atoms with van der Waals surface area (Å²) in [6, 6.07) is 0.426. The second kappa shape index (κ2) is 20.3. The molecular formula is C41H71N3O7+2. The molecule has 0 spiro atoms. The summed E-state index contributed by atoms with van der Waals surface area (Å²) >= 11 is 0. The van der Waals surface area contributed by atoms with Gasteiger partial charge in [-0.15, -0.1) is 0 Å². The predicted molar refractivity (Wildman–Crippen MR) is 195 cm³/mol. The molecule has 6 unspecified atom stereocenters. The Morgan fingerprint density at radius 3 is 2.47 bits per heavy atom. The van der Waals surface area contributed by atoms with Crippen LogP contribution >= 0.6 is 0 Å². The van der Waals surface area contributed by atoms with Crippen LogP contribution in [0.2, 0.25) is 0 Å². The number of rotatable bonds is 16. The number of ketones is 2. The second-order valence-corrected chi connectivity index (χ2v) is 17.3. The van der Waals surface area contributed by atoms with Crippen LogP contribution in [0, 0.1) is 59.2 Å². The molecule has 2 saturated heterocycles. The average Bonchev–Trinajstić information content (AvgIpc) is 3.18. The molecule has 0 aromatic rings. The van der Waals surface area contributed by atoms with Gasteiger partial charge in [0.05, 0.1) is 50.0 Å². The number of nitrogens with two attached hydrogens (primary N) is 3. The molecule has 5 rings (SSSR count). The van der Waals surface area contributed by atoms with Gasteiger partial charge in [-0.25, -0.2) is 0 Å². The molecule has 0 radical (unpaired) electrons. The van der Waals surface area contributed by atoms with Crippen molar-refractivity contribution in [2.75, 3.05) is 26.8 Å². The summed E-state index contributed by atoms with van der Waals surface area (Å²) in [5, 5.41) is 47.8. The van der Waals surface area contributed by atoms with E-state index < -0.39 is 24.2 Å². The SMILES string of the molecule is COC1CC2CCC(=O)[C@@H]([C@H](O)CCC[C@H](CCCO)[C@H]3C[NH2+][C@@H]4CC(=O)CC[C@H]4C3)C#C[C@@H](CC[C@H](O)CCC3CC[NH2+]C(N)C3)C2CC1O. The first kappa shape index (κ1) is 40.8. The van der Waals surface area contributed by atoms with Crippen molar-refractivity contribution in [2.24, 2.45) is 53.1 Å². The molecule has 14 atom stereocenters. The van der Waals surface area contributed by atoms with Crippen LogP contribution < -0.4 is 16.4 Å². The highest BCUT2D eigenvalue weighted by Gasteiger charge is 2.42. The van der Waals surface area contributed by atoms with Crippen LogP contribution in [-0.2, 0) is 14.3 Å². The second-order valence-electron chi connectivity index (χ2n) is 17.3. The number of methoxy groups -OCH3 is 1. The van der Waals surface area contributed by atoms with Crippen LogP contribution in [0.4, 0.5) is 0 Å². The van der Waals surface area contributed by atoms with E-state index in [0.29, 0.717) is 93.3 Å². The maximum absolute atomic E-state index is 13.7. The number of carbonyl (C=O) groups is 2. The van der Waals surface area contributed by atoms with Crippen LogP contribution in [0.15, 0.2) is 0 Å². The Bertz CT molecular complexity index is 1160. The molecule has 3 aliphatic carbocycles. The molecule has 0 amide bonds. The van der Waals surface area contributed by atoms with Crippen molar-refractivity contribution >= 4 is 11.6 Å². The largest absolute Gasteiger partial charge is 0.396 e. The summed E-state index contributed by atoms with van der Waals surface area (Å²) in [5.74, 6) is 8.82. The smallest absolute Gasteiger partial charge is 0.150 e. The highest BCUT2D eigenvalue weighted by Crippen LogP contribution is 2.42. The fraction of sp³-hybridized carbons (Fsp3) is 0.902. The minimum Gasteiger partial charge on any atom is -0.396 e. The topological polar surface area (TPSA) is 184 Å². The van der Waals surface area contributed by atoms with Crippen LogP contribution in [0.3, 0.4) is 0 Å². The third-order valence-corrected chi connectivity index (χ3v) is 13.9. The van der Waals surface area contributed by atoms with E-state index in [2.05, 4.69) is 22.5 Å². The Hall–Kier alpha value is -1.42. The number of aliphatic hydroxyl groups is 4. The summed E-state index contributed by atoms with van der Waals surface area (Å²) < 4.78 is 5.64. The van der Waals surface area contributed by atoms with Crippen molar-refractivity contribution in [2.45, 2.75) is 159 Å². The molecule has 2 aliphatic heterocycles. The number of piperidine rings is 2. The molecule has 2 saturated carbocycles. The molecule has 4 fully saturated rings. The van der Waals surface area contributed by atoms with Gasteiger partial charge in [0, 0.05) is 50.7 Å². The van der Waals surface area contributed by atoms with E-state index in [1.807, 2.05) is 0 Å². The summed E-state index contributed by atoms with van der Waals surface area (Å²) in [6.07, 6.45) is 13.1. The van der Waals surface area contributed by atoms with Crippen LogP contribution in [0.1, 0.15) is 122 Å². The van der Waals surface area contributed by atoms with Gasteiger partial charge in [0.15, 0.2) is 0 Å². The zero-order chi connectivity index (χ0) is 36.3. The van der Waals surface area contributed by atoms with Crippen molar-refractivity contribution in [3.63, 3.8) is 0 Å². The summed E-state index contributed by atoms with van der Waals surface area (Å²) in [6.45, 7) is 2.25. The quantitative estimate of drug-likeness (QED) is 0.117. The predicted octanol–water partition coefficient (Wildman–Crippen LogP) is 1.41. The Balaban J connectivity index is 1.20. The van der Waals surface area contributed by atoms with E-state index >= 15 is 0 Å². The molecule has 10 nitrogen and oxygen atoms in total. The first-order valence-corrected chi connectivity index (χ1v) is 20.8. The molecule has 10 heteroatoms. The van der Waals surface area contributed by atoms with Gasteiger partial charge in [0.1, 0.15) is 23.7 Å². The Morgan fingerprint density at radius 2 is 1.69 bits per heavy atom. The maximum Gasteiger partial charge on any atom is 0.150 e. The molecule has 0 bridgehead atoms. The van der Waals surface area contributed by atoms with E-state index in [9.17, 15) is 30.0 Å². The zero-order valence-electron chi connectivity index (χ0n) is 31.4. The number of fused-ring (bicyclic) bond motifs is 2. The molecule has 290 valence electrons. The zero-order valence-corrected chi connectivity index (χ0v) is 31.4. The first-order valence-electron chi connectivity index (χ1n) is 20.8. The number of carbonyl (C=O) groups excluding carboxylic acids is 2. The third-order valence-electron chi connectivity index (χ3n) is 13.9. The highest BCUT2D eigenvalue weighted by molar-refractivity contribution is 5.84. The van der Waals surface area contributed by atoms with Crippen molar-refractivity contribution in [3.8, 4) is 11.8 Å². The van der Waals surface area contributed by atoms with Gasteiger partial charge in [-0.2, -0.15) is 0 Å². The summed E-state index contributed by atoms with van der Waals surface area (Å²) in [7, 11) is 1.64. The minimum atomic E-state index is -0.835. The van der Waals surface area contributed by atoms with E-state index in [1.165, 1.54) is 0 Å². The Morgan fingerprint density at radius 1 is 0.902 bits per heavy atom. The molecular weight excluding hydrogens is 646 g/mol. The number of ether oxygens (including phenoxy) is 1. The number of aliphatic hydroxyl groups excluding tert-OH is 4. The Kier molecular flexibility index (Phi) is 16.2. The van der Waals surface area contributed by atoms with Crippen molar-refractivity contribution in [3.05, 3.63) is 0 Å². The van der Waals surface area contributed by atoms with E-state index in [0.717, 1.165) is 77.3 Å². The lowest BCUT2D eigenvalue weighted by atomic mass is 9.68. The standard InChI is InChI=1S/C41H69N3O7/c1-51-40-22-29-11-16-38(49)34(15-10-28(35(29)24-39(40)50)8-13-32(46)12-7-26-17-18-43-41(42)20-26)37(48)6-2-4-27(5-3-19-45)31-21-30-9-14-33(47)23-36(30)44-25-31/h26-32,34-37,39-41,43-46,48,50H,2-9,11-14,16-25,42H2,1H3/p+2/t26?,27-,28-,29?,30+,31-,32-,34-,35?,36-,37-,39?,40?,41?/m1/s1. The van der Waals surface area contributed by atoms with Crippen molar-refractivity contribution in [1.29, 1.82) is 0 Å². The fourth-order valence-electron chi connectivity index (χ4n) is 10.8. The number of hydrogen-bond donors (Lipinski definition) is 7. The Labute approximate surface area is 306 Å². The van der Waals surface area contributed by atoms with E-state index in [4.69, 9.17) is 10.5 Å². The molecule has 0 aromatic carbocycles. The lowest BCUT2D eigenvalue weighted by molar-refractivity contribution is -0.712. The van der Waals surface area contributed by atoms with Crippen LogP contribution in [0.25, 0.3) is 0 Å². The fourth-order valence-corrected chi connectivity index (χ4v) is 10.8. The van der Waals surface area contributed by atoms with Crippen LogP contribution in [0.5, 0.6) is 0 Å². The lowest BCUT2D eigenvalue weighted by Gasteiger charge is -2.41.